The van der Waals surface area contributed by atoms with Crippen LogP contribution in [-0.4, -0.2) is 0 Å². The number of nitrogens with zero attached hydrogens (tertiary/aromatic N) is 1. The van der Waals surface area contributed by atoms with Crippen LogP contribution in [0.5, 0.6) is 0 Å². The summed E-state index contributed by atoms with van der Waals surface area (Å²) >= 11 is 0. The molecular formula is C28H21N. The van der Waals surface area contributed by atoms with E-state index in [4.69, 9.17) is 4.99 Å². The Bertz CT molecular complexity index is 1520. The van der Waals surface area contributed by atoms with E-state index in [2.05, 4.69) is 66.7 Å². The standard InChI is InChI=1S/C28H21N/c1-2-6-19-17(5-1)9-11-21-20(19)13-14-23-22(21)12-10-18-15-26-24-7-3-4-8-27(24)29-28(26)16-25(18)23/h3-4,7-14,16H,1-2,5-6,15H2. The van der Waals surface area contributed by atoms with Crippen LogP contribution in [0.3, 0.4) is 0 Å². The van der Waals surface area contributed by atoms with Crippen molar-refractivity contribution in [1.29, 1.82) is 0 Å². The summed E-state index contributed by atoms with van der Waals surface area (Å²) in [7, 11) is 0. The number of benzene rings is 4. The van der Waals surface area contributed by atoms with Gasteiger partial charge in [-0.15, -0.1) is 0 Å². The summed E-state index contributed by atoms with van der Waals surface area (Å²) in [6, 6.07) is 22.7. The number of para-hydroxylation sites is 1. The summed E-state index contributed by atoms with van der Waals surface area (Å²) in [5.74, 6) is 0. The molecule has 2 aliphatic carbocycles. The van der Waals surface area contributed by atoms with Gasteiger partial charge in [0.05, 0.1) is 11.1 Å². The second-order valence-corrected chi connectivity index (χ2v) is 8.62. The van der Waals surface area contributed by atoms with Crippen LogP contribution in [0.4, 0.5) is 0 Å². The normalized spacial score (nSPS) is 16.7. The van der Waals surface area contributed by atoms with Crippen LogP contribution in [0.2, 0.25) is 0 Å². The maximum Gasteiger partial charge on any atom is 0.0713 e. The Morgan fingerprint density at radius 3 is 2.38 bits per heavy atom. The van der Waals surface area contributed by atoms with E-state index < -0.39 is 0 Å². The fourth-order valence-electron chi connectivity index (χ4n) is 5.66. The van der Waals surface area contributed by atoms with Crippen molar-refractivity contribution in [3.8, 4) is 0 Å². The molecule has 0 spiro atoms. The average Bonchev–Trinajstić information content (AvgIpc) is 3.14. The fourth-order valence-corrected chi connectivity index (χ4v) is 5.66. The molecule has 0 bridgehead atoms. The summed E-state index contributed by atoms with van der Waals surface area (Å²) < 4.78 is 0. The zero-order valence-electron chi connectivity index (χ0n) is 16.3. The van der Waals surface area contributed by atoms with Gasteiger partial charge < -0.3 is 0 Å². The van der Waals surface area contributed by atoms with Crippen LogP contribution in [0.15, 0.2) is 71.4 Å². The molecule has 0 saturated heterocycles. The summed E-state index contributed by atoms with van der Waals surface area (Å²) in [4.78, 5) is 4.92. The Kier molecular flexibility index (Phi) is 3.07. The largest absolute Gasteiger partial charge is 0.248 e. The second-order valence-electron chi connectivity index (χ2n) is 8.62. The first kappa shape index (κ1) is 15.7. The minimum Gasteiger partial charge on any atom is -0.248 e. The van der Waals surface area contributed by atoms with Gasteiger partial charge in [0.2, 0.25) is 0 Å². The number of fused-ring (bicyclic) bond motifs is 9. The van der Waals surface area contributed by atoms with E-state index >= 15 is 0 Å². The number of hydrogen-bond donors (Lipinski definition) is 0. The van der Waals surface area contributed by atoms with Crippen LogP contribution in [0, 0.1) is 0 Å². The van der Waals surface area contributed by atoms with E-state index in [-0.39, 0.29) is 0 Å². The van der Waals surface area contributed by atoms with Crippen molar-refractivity contribution in [3.05, 3.63) is 99.2 Å². The lowest BCUT2D eigenvalue weighted by molar-refractivity contribution is 0.690. The quantitative estimate of drug-likeness (QED) is 0.374. The summed E-state index contributed by atoms with van der Waals surface area (Å²) in [6.45, 7) is 0. The van der Waals surface area contributed by atoms with Crippen molar-refractivity contribution >= 4 is 33.2 Å². The first-order valence-corrected chi connectivity index (χ1v) is 10.7. The fraction of sp³-hybridized carbons (Fsp3) is 0.179. The highest BCUT2D eigenvalue weighted by atomic mass is 14.8. The van der Waals surface area contributed by atoms with E-state index in [1.54, 1.807) is 11.1 Å². The Morgan fingerprint density at radius 1 is 0.655 bits per heavy atom. The Labute approximate surface area is 169 Å². The van der Waals surface area contributed by atoms with E-state index in [0.717, 1.165) is 17.5 Å². The molecule has 0 N–H and O–H groups in total. The molecule has 138 valence electrons. The van der Waals surface area contributed by atoms with E-state index in [0.29, 0.717) is 0 Å². The Morgan fingerprint density at radius 2 is 1.41 bits per heavy atom. The third-order valence-corrected chi connectivity index (χ3v) is 7.09. The topological polar surface area (TPSA) is 12.4 Å². The van der Waals surface area contributed by atoms with Crippen LogP contribution in [0.1, 0.15) is 35.1 Å². The monoisotopic (exact) mass is 371 g/mol. The van der Waals surface area contributed by atoms with Gasteiger partial charge in [-0.1, -0.05) is 54.6 Å². The molecule has 7 rings (SSSR count). The third kappa shape index (κ3) is 2.13. The molecule has 1 aliphatic heterocycles. The molecule has 0 atom stereocenters. The molecule has 0 fully saturated rings. The molecule has 1 heterocycles. The lowest BCUT2D eigenvalue weighted by Gasteiger charge is -2.21. The molecule has 4 aromatic carbocycles. The lowest BCUT2D eigenvalue weighted by atomic mass is 9.84. The van der Waals surface area contributed by atoms with Crippen molar-refractivity contribution < 1.29 is 0 Å². The second kappa shape index (κ2) is 5.67. The zero-order chi connectivity index (χ0) is 18.9. The van der Waals surface area contributed by atoms with Crippen LogP contribution in [0.25, 0.3) is 33.2 Å². The Balaban J connectivity index is 1.51. The minimum absolute atomic E-state index is 0.972. The third-order valence-electron chi connectivity index (χ3n) is 7.09. The summed E-state index contributed by atoms with van der Waals surface area (Å²) in [5, 5.41) is 8.03. The van der Waals surface area contributed by atoms with Crippen molar-refractivity contribution in [2.75, 3.05) is 0 Å². The van der Waals surface area contributed by atoms with Crippen molar-refractivity contribution in [2.45, 2.75) is 32.1 Å². The van der Waals surface area contributed by atoms with Gasteiger partial charge in [0.1, 0.15) is 0 Å². The number of hydrogen-bond acceptors (Lipinski definition) is 1. The van der Waals surface area contributed by atoms with Gasteiger partial charge in [0.25, 0.3) is 0 Å². The minimum atomic E-state index is 0.972. The van der Waals surface area contributed by atoms with E-state index in [1.165, 1.54) is 69.1 Å². The highest BCUT2D eigenvalue weighted by molar-refractivity contribution is 6.12. The Hall–Kier alpha value is -3.19. The highest BCUT2D eigenvalue weighted by Gasteiger charge is 2.22. The van der Waals surface area contributed by atoms with Gasteiger partial charge in [-0.05, 0) is 87.2 Å². The first-order chi connectivity index (χ1) is 14.4. The maximum absolute atomic E-state index is 4.92. The van der Waals surface area contributed by atoms with Crippen molar-refractivity contribution in [1.82, 2.24) is 0 Å². The summed E-state index contributed by atoms with van der Waals surface area (Å²) in [6.07, 6.45) is 8.41. The maximum atomic E-state index is 4.92. The molecule has 0 amide bonds. The van der Waals surface area contributed by atoms with E-state index in [9.17, 15) is 0 Å². The average molecular weight is 371 g/mol. The zero-order valence-corrected chi connectivity index (χ0v) is 16.3. The molecule has 1 nitrogen and oxygen atoms in total. The molecule has 0 radical (unpaired) electrons. The predicted molar refractivity (Wildman–Crippen MR) is 120 cm³/mol. The molecule has 29 heavy (non-hydrogen) atoms. The van der Waals surface area contributed by atoms with Crippen LogP contribution < -0.4 is 10.6 Å². The molecule has 1 heteroatoms. The molecule has 0 unspecified atom stereocenters. The predicted octanol–water partition coefficient (Wildman–Crippen LogP) is 5.25. The van der Waals surface area contributed by atoms with Gasteiger partial charge in [-0.25, -0.2) is 4.99 Å². The van der Waals surface area contributed by atoms with Gasteiger partial charge in [0, 0.05) is 11.6 Å². The lowest BCUT2D eigenvalue weighted by Crippen LogP contribution is -2.22. The molecule has 0 aromatic heterocycles. The van der Waals surface area contributed by atoms with Gasteiger partial charge in [0.15, 0.2) is 0 Å². The number of allylic oxidation sites excluding steroid dienone is 1. The van der Waals surface area contributed by atoms with Gasteiger partial charge in [-0.3, -0.25) is 0 Å². The molecule has 3 aliphatic rings. The van der Waals surface area contributed by atoms with Gasteiger partial charge >= 0.3 is 0 Å². The van der Waals surface area contributed by atoms with E-state index in [1.807, 2.05) is 0 Å². The van der Waals surface area contributed by atoms with Gasteiger partial charge in [-0.2, -0.15) is 0 Å². The van der Waals surface area contributed by atoms with Crippen LogP contribution >= 0.6 is 0 Å². The SMILES string of the molecule is C1=C2N=c3ccccc3=C2Cc2ccc3c(ccc4c5c(ccc43)CCCC5)c21. The molecule has 4 aromatic rings. The van der Waals surface area contributed by atoms with Crippen molar-refractivity contribution in [2.24, 2.45) is 4.99 Å². The highest BCUT2D eigenvalue weighted by Crippen LogP contribution is 2.39. The first-order valence-electron chi connectivity index (χ1n) is 10.7. The number of aryl methyl sites for hydroxylation is 2. The van der Waals surface area contributed by atoms with Crippen molar-refractivity contribution in [3.63, 3.8) is 0 Å². The molecular weight excluding hydrogens is 350 g/mol. The van der Waals surface area contributed by atoms with Crippen LogP contribution in [-0.2, 0) is 19.3 Å². The summed E-state index contributed by atoms with van der Waals surface area (Å²) in [5.41, 5.74) is 8.45. The molecule has 0 saturated carbocycles. The number of rotatable bonds is 0. The smallest absolute Gasteiger partial charge is 0.0713 e.